The molecule has 0 spiro atoms. The SMILES string of the molecule is COc1ccc(N)cc1CNc1ncnc2c1cnn2C. The summed E-state index contributed by atoms with van der Waals surface area (Å²) in [6.07, 6.45) is 3.26. The summed E-state index contributed by atoms with van der Waals surface area (Å²) < 4.78 is 7.05. The molecule has 21 heavy (non-hydrogen) atoms. The van der Waals surface area contributed by atoms with E-state index in [-0.39, 0.29) is 0 Å². The molecule has 0 aliphatic heterocycles. The topological polar surface area (TPSA) is 90.9 Å². The summed E-state index contributed by atoms with van der Waals surface area (Å²) in [7, 11) is 3.49. The van der Waals surface area contributed by atoms with Crippen molar-refractivity contribution in [2.75, 3.05) is 18.2 Å². The summed E-state index contributed by atoms with van der Waals surface area (Å²) in [5.41, 5.74) is 8.27. The second-order valence-corrected chi connectivity index (χ2v) is 4.65. The summed E-state index contributed by atoms with van der Waals surface area (Å²) in [6.45, 7) is 0.551. The molecule has 2 heterocycles. The molecule has 0 fully saturated rings. The predicted molar refractivity (Wildman–Crippen MR) is 81.0 cm³/mol. The fourth-order valence-electron chi connectivity index (χ4n) is 2.22. The number of aromatic nitrogens is 4. The van der Waals surface area contributed by atoms with Crippen molar-refractivity contribution in [2.45, 2.75) is 6.54 Å². The van der Waals surface area contributed by atoms with Crippen LogP contribution in [-0.4, -0.2) is 26.9 Å². The Kier molecular flexibility index (Phi) is 3.31. The van der Waals surface area contributed by atoms with Gasteiger partial charge in [-0.2, -0.15) is 5.10 Å². The molecule has 7 heteroatoms. The standard InChI is InChI=1S/C14H16N6O/c1-20-14-11(7-19-20)13(17-8-18-14)16-6-9-5-10(15)3-4-12(9)21-2/h3-5,7-8H,6,15H2,1-2H3,(H,16,17,18). The first-order chi connectivity index (χ1) is 10.2. The maximum atomic E-state index is 5.82. The van der Waals surface area contributed by atoms with Crippen molar-refractivity contribution in [2.24, 2.45) is 7.05 Å². The summed E-state index contributed by atoms with van der Waals surface area (Å²) in [5.74, 6) is 1.52. The lowest BCUT2D eigenvalue weighted by molar-refractivity contribution is 0.410. The molecule has 3 rings (SSSR count). The van der Waals surface area contributed by atoms with Crippen molar-refractivity contribution in [3.8, 4) is 5.75 Å². The normalized spacial score (nSPS) is 10.8. The summed E-state index contributed by atoms with van der Waals surface area (Å²) in [5, 5.41) is 8.35. The molecule has 0 bridgehead atoms. The van der Waals surface area contributed by atoms with Crippen LogP contribution in [0.3, 0.4) is 0 Å². The fraction of sp³-hybridized carbons (Fsp3) is 0.214. The molecule has 1 aromatic carbocycles. The zero-order chi connectivity index (χ0) is 14.8. The van der Waals surface area contributed by atoms with Gasteiger partial charge in [-0.15, -0.1) is 0 Å². The number of anilines is 2. The molecular formula is C14H16N6O. The minimum atomic E-state index is 0.551. The molecule has 0 saturated carbocycles. The third kappa shape index (κ3) is 2.45. The Morgan fingerprint density at radius 2 is 2.19 bits per heavy atom. The van der Waals surface area contributed by atoms with Crippen molar-refractivity contribution in [3.63, 3.8) is 0 Å². The van der Waals surface area contributed by atoms with E-state index in [0.29, 0.717) is 12.2 Å². The smallest absolute Gasteiger partial charge is 0.163 e. The van der Waals surface area contributed by atoms with Crippen LogP contribution in [0.15, 0.2) is 30.7 Å². The van der Waals surface area contributed by atoms with Crippen LogP contribution in [0.5, 0.6) is 5.75 Å². The molecule has 0 aliphatic carbocycles. The van der Waals surface area contributed by atoms with E-state index in [0.717, 1.165) is 28.2 Å². The van der Waals surface area contributed by atoms with Gasteiger partial charge in [0.15, 0.2) is 5.65 Å². The summed E-state index contributed by atoms with van der Waals surface area (Å²) in [6, 6.07) is 5.55. The Bertz CT molecular complexity index is 782. The van der Waals surface area contributed by atoms with Crippen molar-refractivity contribution in [1.82, 2.24) is 19.7 Å². The fourth-order valence-corrected chi connectivity index (χ4v) is 2.22. The number of nitrogens with zero attached hydrogens (tertiary/aromatic N) is 4. The summed E-state index contributed by atoms with van der Waals surface area (Å²) >= 11 is 0. The number of hydrogen-bond acceptors (Lipinski definition) is 6. The van der Waals surface area contributed by atoms with Gasteiger partial charge in [0.2, 0.25) is 0 Å². The largest absolute Gasteiger partial charge is 0.496 e. The van der Waals surface area contributed by atoms with Gasteiger partial charge in [-0.1, -0.05) is 0 Å². The second kappa shape index (κ2) is 5.28. The van der Waals surface area contributed by atoms with Gasteiger partial charge in [-0.3, -0.25) is 4.68 Å². The van der Waals surface area contributed by atoms with Crippen molar-refractivity contribution < 1.29 is 4.74 Å². The zero-order valence-corrected chi connectivity index (χ0v) is 11.9. The van der Waals surface area contributed by atoms with E-state index >= 15 is 0 Å². The molecule has 2 aromatic heterocycles. The minimum absolute atomic E-state index is 0.551. The van der Waals surface area contributed by atoms with E-state index in [4.69, 9.17) is 10.5 Å². The van der Waals surface area contributed by atoms with E-state index in [1.165, 1.54) is 6.33 Å². The lowest BCUT2D eigenvalue weighted by Gasteiger charge is -2.11. The van der Waals surface area contributed by atoms with Crippen molar-refractivity contribution in [1.29, 1.82) is 0 Å². The highest BCUT2D eigenvalue weighted by Crippen LogP contribution is 2.23. The molecular weight excluding hydrogens is 268 g/mol. The van der Waals surface area contributed by atoms with Crippen LogP contribution in [0.4, 0.5) is 11.5 Å². The van der Waals surface area contributed by atoms with Gasteiger partial charge in [0.05, 0.1) is 18.7 Å². The molecule has 108 valence electrons. The van der Waals surface area contributed by atoms with Gasteiger partial charge < -0.3 is 15.8 Å². The Morgan fingerprint density at radius 1 is 1.33 bits per heavy atom. The first kappa shape index (κ1) is 13.2. The molecule has 0 atom stereocenters. The number of aryl methyl sites for hydroxylation is 1. The van der Waals surface area contributed by atoms with Crippen molar-refractivity contribution in [3.05, 3.63) is 36.3 Å². The van der Waals surface area contributed by atoms with Crippen LogP contribution < -0.4 is 15.8 Å². The number of nitrogens with one attached hydrogen (secondary N) is 1. The Morgan fingerprint density at radius 3 is 3.00 bits per heavy atom. The summed E-state index contributed by atoms with van der Waals surface area (Å²) in [4.78, 5) is 8.47. The van der Waals surface area contributed by atoms with Crippen LogP contribution >= 0.6 is 0 Å². The molecule has 3 N–H and O–H groups in total. The molecule has 0 amide bonds. The number of hydrogen-bond donors (Lipinski definition) is 2. The Hall–Kier alpha value is -2.83. The number of nitrogens with two attached hydrogens (primary N) is 1. The first-order valence-corrected chi connectivity index (χ1v) is 6.48. The maximum Gasteiger partial charge on any atom is 0.163 e. The van der Waals surface area contributed by atoms with Crippen LogP contribution in [0.2, 0.25) is 0 Å². The number of ether oxygens (including phenoxy) is 1. The molecule has 3 aromatic rings. The molecule has 0 unspecified atom stereocenters. The van der Waals surface area contributed by atoms with Gasteiger partial charge in [0, 0.05) is 24.8 Å². The lowest BCUT2D eigenvalue weighted by Crippen LogP contribution is -2.05. The zero-order valence-electron chi connectivity index (χ0n) is 11.9. The van der Waals surface area contributed by atoms with Gasteiger partial charge in [0.1, 0.15) is 17.9 Å². The highest BCUT2D eigenvalue weighted by atomic mass is 16.5. The van der Waals surface area contributed by atoms with E-state index in [1.807, 2.05) is 25.2 Å². The number of methoxy groups -OCH3 is 1. The molecule has 0 saturated heterocycles. The number of fused-ring (bicyclic) bond motifs is 1. The third-order valence-corrected chi connectivity index (χ3v) is 3.28. The van der Waals surface area contributed by atoms with Gasteiger partial charge in [0.25, 0.3) is 0 Å². The van der Waals surface area contributed by atoms with E-state index in [1.54, 1.807) is 18.0 Å². The van der Waals surface area contributed by atoms with Crippen LogP contribution in [0, 0.1) is 0 Å². The van der Waals surface area contributed by atoms with E-state index in [9.17, 15) is 0 Å². The van der Waals surface area contributed by atoms with Crippen molar-refractivity contribution >= 4 is 22.5 Å². The highest BCUT2D eigenvalue weighted by molar-refractivity contribution is 5.85. The predicted octanol–water partition coefficient (Wildman–Crippen LogP) is 1.57. The highest BCUT2D eigenvalue weighted by Gasteiger charge is 2.09. The van der Waals surface area contributed by atoms with Gasteiger partial charge in [-0.05, 0) is 18.2 Å². The van der Waals surface area contributed by atoms with Gasteiger partial charge >= 0.3 is 0 Å². The number of rotatable bonds is 4. The quantitative estimate of drug-likeness (QED) is 0.707. The Labute approximate surface area is 121 Å². The third-order valence-electron chi connectivity index (χ3n) is 3.28. The number of benzene rings is 1. The average molecular weight is 284 g/mol. The number of nitrogen functional groups attached to an aromatic ring is 1. The van der Waals surface area contributed by atoms with E-state index in [2.05, 4.69) is 20.4 Å². The van der Waals surface area contributed by atoms with Gasteiger partial charge in [-0.25, -0.2) is 9.97 Å². The Balaban J connectivity index is 1.88. The van der Waals surface area contributed by atoms with Crippen LogP contribution in [0.1, 0.15) is 5.56 Å². The molecule has 0 aliphatic rings. The first-order valence-electron chi connectivity index (χ1n) is 6.48. The second-order valence-electron chi connectivity index (χ2n) is 4.65. The maximum absolute atomic E-state index is 5.82. The molecule has 0 radical (unpaired) electrons. The van der Waals surface area contributed by atoms with Crippen LogP contribution in [0.25, 0.3) is 11.0 Å². The monoisotopic (exact) mass is 284 g/mol. The lowest BCUT2D eigenvalue weighted by atomic mass is 10.1. The molecule has 7 nitrogen and oxygen atoms in total. The van der Waals surface area contributed by atoms with Crippen LogP contribution in [-0.2, 0) is 13.6 Å². The minimum Gasteiger partial charge on any atom is -0.496 e. The average Bonchev–Trinajstić information content (AvgIpc) is 2.87. The van der Waals surface area contributed by atoms with E-state index < -0.39 is 0 Å².